The number of likely N-dealkylation sites (tertiary alicyclic amines) is 1. The van der Waals surface area contributed by atoms with Crippen molar-refractivity contribution in [2.45, 2.75) is 31.2 Å². The van der Waals surface area contributed by atoms with Crippen molar-refractivity contribution in [3.8, 4) is 11.8 Å². The molecule has 0 amide bonds. The number of thiophene rings is 1. The van der Waals surface area contributed by atoms with Crippen molar-refractivity contribution < 1.29 is 17.6 Å². The van der Waals surface area contributed by atoms with Crippen LogP contribution in [0.5, 0.6) is 0 Å². The number of nitrogens with one attached hydrogen (secondary N) is 1. The van der Waals surface area contributed by atoms with E-state index in [0.717, 1.165) is 6.54 Å². The number of hydrogen-bond donors (Lipinski definition) is 2. The average molecular weight is 399 g/mol. The molecule has 2 heterocycles. The van der Waals surface area contributed by atoms with Crippen LogP contribution in [0.1, 0.15) is 16.9 Å². The maximum Gasteiger partial charge on any atom is 0.393 e. The lowest BCUT2D eigenvalue weighted by Crippen LogP contribution is -2.46. The summed E-state index contributed by atoms with van der Waals surface area (Å²) in [7, 11) is 1.87. The van der Waals surface area contributed by atoms with Crippen molar-refractivity contribution >= 4 is 27.1 Å². The number of piperidine rings is 1. The van der Waals surface area contributed by atoms with Crippen molar-refractivity contribution in [1.82, 2.24) is 4.90 Å². The van der Waals surface area contributed by atoms with Gasteiger partial charge in [0, 0.05) is 13.1 Å². The average Bonchev–Trinajstić information content (AvgIpc) is 2.92. The molecule has 0 spiro atoms. The largest absolute Gasteiger partial charge is 0.393 e. The van der Waals surface area contributed by atoms with Crippen molar-refractivity contribution in [2.24, 2.45) is 5.73 Å². The van der Waals surface area contributed by atoms with Gasteiger partial charge in [-0.2, -0.15) is 13.2 Å². The topological polar surface area (TPSA) is 41.3 Å². The Bertz CT molecular complexity index is 865. The van der Waals surface area contributed by atoms with Crippen LogP contribution < -0.4 is 11.1 Å². The summed E-state index contributed by atoms with van der Waals surface area (Å²) in [5.41, 5.74) is 6.19. The number of anilines is 1. The Kier molecular flexibility index (Phi) is 5.94. The third kappa shape index (κ3) is 4.72. The van der Waals surface area contributed by atoms with E-state index in [1.54, 1.807) is 18.2 Å². The standard InChI is InChI=1S/C19H21F4N3S/c1-26-9-7-15(14(20)11-26)25-16-5-2-4-12-13(10-19(21,22)23)17(6-3-8-24)27-18(12)16/h2,4-5,14-15,25H,7-11,24H2,1H3. The van der Waals surface area contributed by atoms with Gasteiger partial charge in [-0.25, -0.2) is 4.39 Å². The van der Waals surface area contributed by atoms with E-state index in [2.05, 4.69) is 17.2 Å². The second kappa shape index (κ2) is 8.05. The lowest BCUT2D eigenvalue weighted by Gasteiger charge is -2.33. The molecular weight excluding hydrogens is 378 g/mol. The molecule has 1 aliphatic heterocycles. The maximum atomic E-state index is 14.4. The highest BCUT2D eigenvalue weighted by Crippen LogP contribution is 2.39. The second-order valence-electron chi connectivity index (χ2n) is 6.71. The molecule has 0 bridgehead atoms. The van der Waals surface area contributed by atoms with Crippen molar-refractivity contribution in [2.75, 3.05) is 32.0 Å². The van der Waals surface area contributed by atoms with Crippen molar-refractivity contribution in [3.63, 3.8) is 0 Å². The Morgan fingerprint density at radius 3 is 2.81 bits per heavy atom. The Balaban J connectivity index is 2.00. The highest BCUT2D eigenvalue weighted by molar-refractivity contribution is 7.20. The SMILES string of the molecule is CN1CCC(Nc2cccc3c(CC(F)(F)F)c(C#CCN)sc23)C(F)C1. The zero-order valence-electron chi connectivity index (χ0n) is 14.9. The Labute approximate surface area is 159 Å². The zero-order chi connectivity index (χ0) is 19.6. The molecule has 0 aliphatic carbocycles. The maximum absolute atomic E-state index is 14.4. The molecule has 0 saturated carbocycles. The van der Waals surface area contributed by atoms with Crippen LogP contribution in [0.2, 0.25) is 0 Å². The predicted molar refractivity (Wildman–Crippen MR) is 102 cm³/mol. The molecule has 2 unspecified atom stereocenters. The van der Waals surface area contributed by atoms with E-state index in [1.165, 1.54) is 11.3 Å². The number of rotatable bonds is 3. The normalized spacial score (nSPS) is 21.1. The second-order valence-corrected chi connectivity index (χ2v) is 7.73. The summed E-state index contributed by atoms with van der Waals surface area (Å²) in [6.07, 6.45) is -5.79. The van der Waals surface area contributed by atoms with Crippen LogP contribution >= 0.6 is 11.3 Å². The molecule has 27 heavy (non-hydrogen) atoms. The molecule has 3 nitrogen and oxygen atoms in total. The van der Waals surface area contributed by atoms with Crippen molar-refractivity contribution in [3.05, 3.63) is 28.6 Å². The summed E-state index contributed by atoms with van der Waals surface area (Å²) in [5, 5.41) is 3.71. The van der Waals surface area contributed by atoms with Crippen molar-refractivity contribution in [1.29, 1.82) is 0 Å². The van der Waals surface area contributed by atoms with Gasteiger partial charge in [-0.3, -0.25) is 0 Å². The lowest BCUT2D eigenvalue weighted by molar-refractivity contribution is -0.126. The molecule has 1 fully saturated rings. The molecule has 2 aromatic rings. The zero-order valence-corrected chi connectivity index (χ0v) is 15.7. The highest BCUT2D eigenvalue weighted by Gasteiger charge is 2.32. The van der Waals surface area contributed by atoms with Crippen LogP contribution in [0.4, 0.5) is 23.2 Å². The van der Waals surface area contributed by atoms with Gasteiger partial charge in [0.25, 0.3) is 0 Å². The molecule has 1 aliphatic rings. The number of halogens is 4. The molecule has 146 valence electrons. The quantitative estimate of drug-likeness (QED) is 0.610. The van der Waals surface area contributed by atoms with Crippen LogP contribution in [-0.2, 0) is 6.42 Å². The number of alkyl halides is 4. The molecule has 0 radical (unpaired) electrons. The minimum absolute atomic E-state index is 0.0733. The molecule has 1 aromatic heterocycles. The van der Waals surface area contributed by atoms with E-state index in [9.17, 15) is 17.6 Å². The molecule has 8 heteroatoms. The fraction of sp³-hybridized carbons (Fsp3) is 0.474. The summed E-state index contributed by atoms with van der Waals surface area (Å²) in [4.78, 5) is 2.29. The fourth-order valence-electron chi connectivity index (χ4n) is 3.31. The molecule has 2 atom stereocenters. The Morgan fingerprint density at radius 2 is 2.15 bits per heavy atom. The Hall–Kier alpha value is -1.82. The van der Waals surface area contributed by atoms with Crippen LogP contribution in [0.3, 0.4) is 0 Å². The van der Waals surface area contributed by atoms with Gasteiger partial charge in [-0.05, 0) is 30.5 Å². The van der Waals surface area contributed by atoms with Gasteiger partial charge in [0.1, 0.15) is 6.17 Å². The van der Waals surface area contributed by atoms with Crippen LogP contribution in [0.15, 0.2) is 18.2 Å². The predicted octanol–water partition coefficient (Wildman–Crippen LogP) is 3.77. The van der Waals surface area contributed by atoms with Gasteiger partial charge in [0.2, 0.25) is 0 Å². The fourth-order valence-corrected chi connectivity index (χ4v) is 4.48. The van der Waals surface area contributed by atoms with Crippen LogP contribution in [0.25, 0.3) is 10.1 Å². The Morgan fingerprint density at radius 1 is 1.37 bits per heavy atom. The van der Waals surface area contributed by atoms with E-state index in [1.807, 2.05) is 11.9 Å². The highest BCUT2D eigenvalue weighted by atomic mass is 32.1. The van der Waals surface area contributed by atoms with E-state index in [0.29, 0.717) is 33.6 Å². The summed E-state index contributed by atoms with van der Waals surface area (Å²) in [6, 6.07) is 4.77. The monoisotopic (exact) mass is 399 g/mol. The van der Waals surface area contributed by atoms with Gasteiger partial charge in [0.15, 0.2) is 0 Å². The number of nitrogens with two attached hydrogens (primary N) is 1. The number of hydrogen-bond acceptors (Lipinski definition) is 4. The molecule has 1 saturated heterocycles. The number of benzene rings is 1. The minimum atomic E-state index is -4.34. The van der Waals surface area contributed by atoms with Gasteiger partial charge >= 0.3 is 6.18 Å². The molecule has 3 rings (SSSR count). The smallest absolute Gasteiger partial charge is 0.378 e. The van der Waals surface area contributed by atoms with Gasteiger partial charge in [-0.1, -0.05) is 24.0 Å². The first-order valence-electron chi connectivity index (χ1n) is 8.67. The van der Waals surface area contributed by atoms with Gasteiger partial charge < -0.3 is 16.0 Å². The summed E-state index contributed by atoms with van der Waals surface area (Å²) < 4.78 is 54.3. The summed E-state index contributed by atoms with van der Waals surface area (Å²) >= 11 is 1.20. The number of nitrogens with zero attached hydrogens (tertiary/aromatic N) is 1. The molecule has 3 N–H and O–H groups in total. The van der Waals surface area contributed by atoms with Crippen LogP contribution in [0, 0.1) is 11.8 Å². The van der Waals surface area contributed by atoms with Gasteiger partial charge in [0.05, 0.1) is 34.3 Å². The van der Waals surface area contributed by atoms with E-state index in [-0.39, 0.29) is 18.2 Å². The molecule has 1 aromatic carbocycles. The van der Waals surface area contributed by atoms with E-state index in [4.69, 9.17) is 5.73 Å². The van der Waals surface area contributed by atoms with Crippen LogP contribution in [-0.4, -0.2) is 50.0 Å². The summed E-state index contributed by atoms with van der Waals surface area (Å²) in [5.74, 6) is 5.40. The lowest BCUT2D eigenvalue weighted by atomic mass is 10.0. The molecular formula is C19H21F4N3S. The first-order valence-corrected chi connectivity index (χ1v) is 9.49. The van der Waals surface area contributed by atoms with Gasteiger partial charge in [-0.15, -0.1) is 11.3 Å². The first-order chi connectivity index (χ1) is 12.8. The van der Waals surface area contributed by atoms with E-state index < -0.39 is 18.8 Å². The van der Waals surface area contributed by atoms with E-state index >= 15 is 0 Å². The first kappa shape index (κ1) is 19.9. The summed E-state index contributed by atoms with van der Waals surface area (Å²) in [6.45, 7) is 1.18. The minimum Gasteiger partial charge on any atom is -0.378 e. The number of fused-ring (bicyclic) bond motifs is 1. The third-order valence-electron chi connectivity index (χ3n) is 4.58. The third-order valence-corrected chi connectivity index (χ3v) is 5.78.